The van der Waals surface area contributed by atoms with Crippen molar-refractivity contribution in [2.75, 3.05) is 0 Å². The quantitative estimate of drug-likeness (QED) is 0.713. The van der Waals surface area contributed by atoms with Crippen molar-refractivity contribution >= 4 is 33.4 Å². The maximum Gasteiger partial charge on any atom is 0.410 e. The molecule has 1 unspecified atom stereocenters. The molecule has 1 aromatic rings. The summed E-state index contributed by atoms with van der Waals surface area (Å²) in [5.74, 6) is 0. The number of amides is 1. The Hall–Kier alpha value is -0.550. The number of ether oxygens (including phenoxy) is 1. The molecule has 1 aromatic heterocycles. The molecule has 100 valence electrons. The molecule has 0 saturated heterocycles. The van der Waals surface area contributed by atoms with Gasteiger partial charge in [0.15, 0.2) is 0 Å². The van der Waals surface area contributed by atoms with Gasteiger partial charge >= 0.3 is 6.09 Å². The fourth-order valence-corrected chi connectivity index (χ4v) is 3.82. The van der Waals surface area contributed by atoms with E-state index in [9.17, 15) is 4.79 Å². The minimum atomic E-state index is -0.437. The first kappa shape index (κ1) is 13.9. The van der Waals surface area contributed by atoms with Crippen molar-refractivity contribution in [3.05, 3.63) is 20.3 Å². The van der Waals surface area contributed by atoms with Crippen LogP contribution in [0.2, 0.25) is 0 Å². The highest BCUT2D eigenvalue weighted by Gasteiger charge is 2.31. The van der Waals surface area contributed by atoms with Gasteiger partial charge in [0.1, 0.15) is 5.60 Å². The lowest BCUT2D eigenvalue weighted by Crippen LogP contribution is -2.44. The summed E-state index contributed by atoms with van der Waals surface area (Å²) in [6.45, 7) is 8.41. The molecule has 2 rings (SSSR count). The topological polar surface area (TPSA) is 29.5 Å². The van der Waals surface area contributed by atoms with Crippen LogP contribution >= 0.6 is 27.3 Å². The Morgan fingerprint density at radius 1 is 1.56 bits per heavy atom. The Kier molecular flexibility index (Phi) is 3.74. The van der Waals surface area contributed by atoms with Gasteiger partial charge in [0.25, 0.3) is 0 Å². The largest absolute Gasteiger partial charge is 0.444 e. The zero-order valence-electron chi connectivity index (χ0n) is 11.1. The molecule has 1 aliphatic rings. The van der Waals surface area contributed by atoms with Gasteiger partial charge in [-0.3, -0.25) is 0 Å². The fourth-order valence-electron chi connectivity index (χ4n) is 2.04. The van der Waals surface area contributed by atoms with Crippen molar-refractivity contribution in [2.24, 2.45) is 0 Å². The van der Waals surface area contributed by atoms with E-state index in [1.54, 1.807) is 11.3 Å². The van der Waals surface area contributed by atoms with Crippen molar-refractivity contribution in [1.82, 2.24) is 4.90 Å². The molecule has 18 heavy (non-hydrogen) atoms. The van der Waals surface area contributed by atoms with E-state index in [0.29, 0.717) is 6.54 Å². The summed E-state index contributed by atoms with van der Waals surface area (Å²) in [5, 5.41) is 0. The van der Waals surface area contributed by atoms with Crippen LogP contribution in [0, 0.1) is 0 Å². The zero-order valence-corrected chi connectivity index (χ0v) is 13.5. The molecule has 0 aromatic carbocycles. The van der Waals surface area contributed by atoms with Crippen LogP contribution < -0.4 is 0 Å². The summed E-state index contributed by atoms with van der Waals surface area (Å²) in [4.78, 5) is 15.2. The Balaban J connectivity index is 2.14. The molecule has 0 N–H and O–H groups in total. The number of rotatable bonds is 0. The summed E-state index contributed by atoms with van der Waals surface area (Å²) in [6.07, 6.45) is 0.682. The van der Waals surface area contributed by atoms with Crippen LogP contribution in [-0.4, -0.2) is 22.6 Å². The van der Waals surface area contributed by atoms with Gasteiger partial charge in [-0.05, 0) is 61.7 Å². The van der Waals surface area contributed by atoms with Crippen molar-refractivity contribution in [3.8, 4) is 0 Å². The molecule has 0 spiro atoms. The van der Waals surface area contributed by atoms with E-state index in [0.717, 1.165) is 10.2 Å². The van der Waals surface area contributed by atoms with Crippen LogP contribution in [0.3, 0.4) is 0 Å². The standard InChI is InChI=1S/C13H18BrNO2S/c1-8-5-9-6-11(14)18-10(9)7-15(8)12(16)17-13(2,3)4/h6,8H,5,7H2,1-4H3. The highest BCUT2D eigenvalue weighted by Crippen LogP contribution is 2.34. The van der Waals surface area contributed by atoms with E-state index in [4.69, 9.17) is 4.74 Å². The van der Waals surface area contributed by atoms with Crippen LogP contribution in [-0.2, 0) is 17.7 Å². The van der Waals surface area contributed by atoms with E-state index in [2.05, 4.69) is 28.9 Å². The Morgan fingerprint density at radius 2 is 2.22 bits per heavy atom. The van der Waals surface area contributed by atoms with E-state index >= 15 is 0 Å². The number of hydrogen-bond donors (Lipinski definition) is 0. The summed E-state index contributed by atoms with van der Waals surface area (Å²) in [7, 11) is 0. The molecular formula is C13H18BrNO2S. The summed E-state index contributed by atoms with van der Waals surface area (Å²) >= 11 is 5.20. The third-order valence-corrected chi connectivity index (χ3v) is 4.52. The second-order valence-corrected chi connectivity index (χ2v) is 8.18. The number of carbonyl (C=O) groups is 1. The molecule has 0 bridgehead atoms. The number of halogens is 1. The number of thiophene rings is 1. The molecule has 2 heterocycles. The average molecular weight is 332 g/mol. The molecule has 0 radical (unpaired) electrons. The van der Waals surface area contributed by atoms with Crippen molar-refractivity contribution in [1.29, 1.82) is 0 Å². The van der Waals surface area contributed by atoms with Gasteiger partial charge in [-0.1, -0.05) is 0 Å². The van der Waals surface area contributed by atoms with Gasteiger partial charge in [0.2, 0.25) is 0 Å². The smallest absolute Gasteiger partial charge is 0.410 e. The first-order valence-electron chi connectivity index (χ1n) is 6.03. The van der Waals surface area contributed by atoms with Crippen LogP contribution in [0.15, 0.2) is 9.85 Å². The Morgan fingerprint density at radius 3 is 2.83 bits per heavy atom. The second-order valence-electron chi connectivity index (χ2n) is 5.66. The summed E-state index contributed by atoms with van der Waals surface area (Å²) in [5.41, 5.74) is 0.909. The number of hydrogen-bond acceptors (Lipinski definition) is 3. The van der Waals surface area contributed by atoms with Gasteiger partial charge in [-0.25, -0.2) is 4.79 Å². The second kappa shape index (κ2) is 4.85. The van der Waals surface area contributed by atoms with Gasteiger partial charge in [0, 0.05) is 10.9 Å². The highest BCUT2D eigenvalue weighted by atomic mass is 79.9. The molecule has 5 heteroatoms. The lowest BCUT2D eigenvalue weighted by atomic mass is 10.0. The van der Waals surface area contributed by atoms with E-state index in [1.165, 1.54) is 10.4 Å². The highest BCUT2D eigenvalue weighted by molar-refractivity contribution is 9.11. The zero-order chi connectivity index (χ0) is 13.5. The summed E-state index contributed by atoms with van der Waals surface area (Å²) < 4.78 is 6.58. The maximum atomic E-state index is 12.1. The molecule has 0 aliphatic carbocycles. The van der Waals surface area contributed by atoms with E-state index < -0.39 is 5.60 Å². The van der Waals surface area contributed by atoms with Crippen molar-refractivity contribution in [3.63, 3.8) is 0 Å². The monoisotopic (exact) mass is 331 g/mol. The van der Waals surface area contributed by atoms with Crippen molar-refractivity contribution < 1.29 is 9.53 Å². The lowest BCUT2D eigenvalue weighted by molar-refractivity contribution is 0.0142. The van der Waals surface area contributed by atoms with Gasteiger partial charge in [-0.15, -0.1) is 11.3 Å². The number of carbonyl (C=O) groups excluding carboxylic acids is 1. The first-order valence-corrected chi connectivity index (χ1v) is 7.64. The molecule has 0 fully saturated rings. The van der Waals surface area contributed by atoms with Gasteiger partial charge < -0.3 is 9.64 Å². The fraction of sp³-hybridized carbons (Fsp3) is 0.615. The Labute approximate surface area is 120 Å². The molecule has 1 amide bonds. The van der Waals surface area contributed by atoms with Crippen LogP contribution in [0.4, 0.5) is 4.79 Å². The molecular weight excluding hydrogens is 314 g/mol. The maximum absolute atomic E-state index is 12.1. The van der Waals surface area contributed by atoms with E-state index in [1.807, 2.05) is 25.7 Å². The van der Waals surface area contributed by atoms with Gasteiger partial charge in [-0.2, -0.15) is 0 Å². The van der Waals surface area contributed by atoms with Gasteiger partial charge in [0.05, 0.1) is 10.3 Å². The number of nitrogens with zero attached hydrogens (tertiary/aromatic N) is 1. The lowest BCUT2D eigenvalue weighted by Gasteiger charge is -2.34. The molecule has 3 nitrogen and oxygen atoms in total. The summed E-state index contributed by atoms with van der Waals surface area (Å²) in [6, 6.07) is 2.34. The molecule has 0 saturated carbocycles. The van der Waals surface area contributed by atoms with Crippen LogP contribution in [0.5, 0.6) is 0 Å². The Bertz CT molecular complexity index is 464. The minimum Gasteiger partial charge on any atom is -0.444 e. The predicted octanol–water partition coefficient (Wildman–Crippen LogP) is 4.19. The molecule has 1 atom stereocenters. The SMILES string of the molecule is CC1Cc2cc(Br)sc2CN1C(=O)OC(C)(C)C. The predicted molar refractivity (Wildman–Crippen MR) is 77.0 cm³/mol. The average Bonchev–Trinajstić information content (AvgIpc) is 2.53. The van der Waals surface area contributed by atoms with Crippen LogP contribution in [0.1, 0.15) is 38.1 Å². The normalized spacial score (nSPS) is 19.6. The third-order valence-electron chi connectivity index (χ3n) is 2.86. The minimum absolute atomic E-state index is 0.189. The van der Waals surface area contributed by atoms with Crippen molar-refractivity contribution in [2.45, 2.75) is 52.3 Å². The van der Waals surface area contributed by atoms with E-state index in [-0.39, 0.29) is 12.1 Å². The molecule has 1 aliphatic heterocycles. The number of fused-ring (bicyclic) bond motifs is 1. The third kappa shape index (κ3) is 3.06. The van der Waals surface area contributed by atoms with Crippen LogP contribution in [0.25, 0.3) is 0 Å². The first-order chi connectivity index (χ1) is 8.26.